The van der Waals surface area contributed by atoms with Crippen molar-refractivity contribution in [2.45, 2.75) is 12.5 Å². The molecule has 1 saturated heterocycles. The molecule has 0 unspecified atom stereocenters. The summed E-state index contributed by atoms with van der Waals surface area (Å²) in [6.07, 6.45) is 1.08. The van der Waals surface area contributed by atoms with E-state index in [1.54, 1.807) is 97.1 Å². The van der Waals surface area contributed by atoms with E-state index in [9.17, 15) is 27.6 Å². The molecule has 4 aromatic carbocycles. The van der Waals surface area contributed by atoms with Crippen LogP contribution in [-0.4, -0.2) is 79.5 Å². The second-order valence-electron chi connectivity index (χ2n) is 11.3. The van der Waals surface area contributed by atoms with Crippen molar-refractivity contribution < 1.29 is 27.6 Å². The minimum atomic E-state index is -3.75. The normalized spacial score (nSPS) is 16.2. The van der Waals surface area contributed by atoms with Crippen molar-refractivity contribution in [3.05, 3.63) is 120 Å². The number of rotatable bonds is 5. The lowest BCUT2D eigenvalue weighted by atomic mass is 10.0. The first-order chi connectivity index (χ1) is 22.1. The number of sulfone groups is 1. The van der Waals surface area contributed by atoms with Gasteiger partial charge < -0.3 is 9.80 Å². The van der Waals surface area contributed by atoms with Crippen LogP contribution in [-0.2, 0) is 21.1 Å². The number of anilines is 4. The van der Waals surface area contributed by atoms with Gasteiger partial charge >= 0.3 is 12.1 Å². The highest BCUT2D eigenvalue weighted by Crippen LogP contribution is 2.37. The molecule has 0 saturated carbocycles. The van der Waals surface area contributed by atoms with E-state index in [0.717, 1.165) is 6.26 Å². The molecule has 0 aromatic heterocycles. The number of Topliss-reactive ketones (excluding diaryl/α,β-unsaturated/α-hetero) is 2. The maximum absolute atomic E-state index is 14.4. The molecule has 1 fully saturated rings. The zero-order valence-electron chi connectivity index (χ0n) is 25.2. The number of amides is 4. The molecule has 4 amide bonds. The highest BCUT2D eigenvalue weighted by Gasteiger charge is 2.42. The highest BCUT2D eigenvalue weighted by atomic mass is 32.2. The molecule has 1 atom stereocenters. The molecule has 234 valence electrons. The summed E-state index contributed by atoms with van der Waals surface area (Å²) in [5.41, 5.74) is 3.16. The monoisotopic (exact) mass is 636 g/mol. The molecule has 0 N–H and O–H groups in total. The zero-order valence-corrected chi connectivity index (χ0v) is 26.0. The summed E-state index contributed by atoms with van der Waals surface area (Å²) in [5.74, 6) is -1.61. The molecule has 0 bridgehead atoms. The van der Waals surface area contributed by atoms with E-state index in [-0.39, 0.29) is 31.8 Å². The van der Waals surface area contributed by atoms with E-state index >= 15 is 0 Å². The maximum atomic E-state index is 14.4. The van der Waals surface area contributed by atoms with Crippen molar-refractivity contribution in [2.24, 2.45) is 0 Å². The van der Waals surface area contributed by atoms with Crippen LogP contribution in [0.2, 0.25) is 0 Å². The summed E-state index contributed by atoms with van der Waals surface area (Å²) in [4.78, 5) is 61.4. The van der Waals surface area contributed by atoms with E-state index in [2.05, 4.69) is 0 Å². The van der Waals surface area contributed by atoms with Crippen LogP contribution in [0.3, 0.4) is 0 Å². The van der Waals surface area contributed by atoms with Crippen molar-refractivity contribution in [3.8, 4) is 0 Å². The van der Waals surface area contributed by atoms with E-state index in [4.69, 9.17) is 0 Å². The van der Waals surface area contributed by atoms with Gasteiger partial charge in [0, 0.05) is 31.3 Å². The highest BCUT2D eigenvalue weighted by molar-refractivity contribution is 7.91. The number of para-hydroxylation sites is 4. The molecule has 0 spiro atoms. The molecule has 2 heterocycles. The van der Waals surface area contributed by atoms with Gasteiger partial charge in [-0.2, -0.15) is 0 Å². The second kappa shape index (κ2) is 12.6. The summed E-state index contributed by atoms with van der Waals surface area (Å²) >= 11 is 0. The number of hydrogen-bond acceptors (Lipinski definition) is 6. The Bertz CT molecular complexity index is 1880. The average Bonchev–Trinajstić information content (AvgIpc) is 3.18. The summed E-state index contributed by atoms with van der Waals surface area (Å²) in [6, 6.07) is 29.7. The minimum absolute atomic E-state index is 0.0308. The van der Waals surface area contributed by atoms with Crippen molar-refractivity contribution in [2.75, 3.05) is 41.4 Å². The summed E-state index contributed by atoms with van der Waals surface area (Å²) in [7, 11) is -3.75. The lowest BCUT2D eigenvalue weighted by Gasteiger charge is -2.43. The van der Waals surface area contributed by atoms with Gasteiger partial charge in [-0.1, -0.05) is 66.7 Å². The quantitative estimate of drug-likeness (QED) is 0.296. The number of piperazine rings is 1. The van der Waals surface area contributed by atoms with Crippen molar-refractivity contribution in [1.82, 2.24) is 9.80 Å². The Hall–Kier alpha value is -5.29. The number of ketones is 2. The number of urea groups is 2. The fourth-order valence-electron chi connectivity index (χ4n) is 6.00. The molecule has 10 nitrogen and oxygen atoms in total. The Morgan fingerprint density at radius 1 is 0.761 bits per heavy atom. The molecular formula is C35H32N4O6S. The minimum Gasteiger partial charge on any atom is -0.320 e. The first kappa shape index (κ1) is 30.7. The van der Waals surface area contributed by atoms with Crippen LogP contribution in [0.15, 0.2) is 109 Å². The van der Waals surface area contributed by atoms with Gasteiger partial charge in [0.2, 0.25) is 0 Å². The Balaban J connectivity index is 1.38. The maximum Gasteiger partial charge on any atom is 0.329 e. The van der Waals surface area contributed by atoms with Gasteiger partial charge in [0.15, 0.2) is 21.4 Å². The fourth-order valence-corrected chi connectivity index (χ4v) is 6.71. The van der Waals surface area contributed by atoms with Crippen LogP contribution in [0, 0.1) is 0 Å². The van der Waals surface area contributed by atoms with Crippen LogP contribution in [0.4, 0.5) is 32.3 Å². The average molecular weight is 637 g/mol. The molecule has 0 aliphatic carbocycles. The van der Waals surface area contributed by atoms with Crippen LogP contribution >= 0.6 is 0 Å². The van der Waals surface area contributed by atoms with E-state index in [1.807, 2.05) is 12.1 Å². The standard InChI is InChI=1S/C35H32N4O6S/c1-46(44,45)24-33(41)31-23-36(20-21-37(31)35(43)38(26-13-4-2-5-14-26)27-15-6-3-7-16-27)34(42)39-29-18-10-8-12-25(29)22-32(40)28-17-9-11-19-30(28)39/h2-19,31H,20-24H2,1H3/t31-/m0/s1. The van der Waals surface area contributed by atoms with Crippen LogP contribution in [0.25, 0.3) is 0 Å². The third-order valence-electron chi connectivity index (χ3n) is 8.11. The molecule has 2 aliphatic heterocycles. The summed E-state index contributed by atoms with van der Waals surface area (Å²) < 4.78 is 24.6. The van der Waals surface area contributed by atoms with Gasteiger partial charge in [0.1, 0.15) is 11.8 Å². The zero-order chi connectivity index (χ0) is 32.4. The molecule has 11 heteroatoms. The lowest BCUT2D eigenvalue weighted by Crippen LogP contribution is -2.63. The van der Waals surface area contributed by atoms with Crippen LogP contribution < -0.4 is 9.80 Å². The number of nitrogens with zero attached hydrogens (tertiary/aromatic N) is 4. The van der Waals surface area contributed by atoms with Gasteiger partial charge in [0.05, 0.1) is 29.3 Å². The molecule has 6 rings (SSSR count). The molecule has 4 aromatic rings. The van der Waals surface area contributed by atoms with Crippen molar-refractivity contribution in [3.63, 3.8) is 0 Å². The van der Waals surface area contributed by atoms with Crippen LogP contribution in [0.1, 0.15) is 15.9 Å². The predicted octanol–water partition coefficient (Wildman–Crippen LogP) is 5.24. The number of hydrogen-bond donors (Lipinski definition) is 0. The Labute approximate surface area is 267 Å². The van der Waals surface area contributed by atoms with E-state index in [1.165, 1.54) is 19.6 Å². The third kappa shape index (κ3) is 6.14. The topological polar surface area (TPSA) is 115 Å². The van der Waals surface area contributed by atoms with E-state index in [0.29, 0.717) is 33.9 Å². The Morgan fingerprint density at radius 2 is 1.33 bits per heavy atom. The van der Waals surface area contributed by atoms with Gasteiger partial charge in [-0.05, 0) is 48.0 Å². The second-order valence-corrected chi connectivity index (χ2v) is 13.5. The summed E-state index contributed by atoms with van der Waals surface area (Å²) in [5, 5.41) is 0. The largest absolute Gasteiger partial charge is 0.329 e. The third-order valence-corrected chi connectivity index (χ3v) is 8.92. The first-order valence-electron chi connectivity index (χ1n) is 14.8. The molecule has 46 heavy (non-hydrogen) atoms. The summed E-state index contributed by atoms with van der Waals surface area (Å²) in [6.45, 7) is -0.193. The van der Waals surface area contributed by atoms with E-state index < -0.39 is 39.5 Å². The van der Waals surface area contributed by atoms with Crippen molar-refractivity contribution in [1.29, 1.82) is 0 Å². The molecular weight excluding hydrogens is 604 g/mol. The first-order valence-corrected chi connectivity index (χ1v) is 16.9. The number of benzene rings is 4. The SMILES string of the molecule is CS(=O)(=O)CC(=O)[C@@H]1CN(C(=O)N2c3ccccc3CC(=O)c3ccccc32)CCN1C(=O)N(c1ccccc1)c1ccccc1. The number of carbonyl (C=O) groups excluding carboxylic acids is 4. The molecule has 2 aliphatic rings. The smallest absolute Gasteiger partial charge is 0.320 e. The van der Waals surface area contributed by atoms with Gasteiger partial charge in [-0.15, -0.1) is 0 Å². The van der Waals surface area contributed by atoms with Gasteiger partial charge in [-0.25, -0.2) is 18.0 Å². The lowest BCUT2D eigenvalue weighted by molar-refractivity contribution is -0.122. The Morgan fingerprint density at radius 3 is 1.96 bits per heavy atom. The predicted molar refractivity (Wildman–Crippen MR) is 176 cm³/mol. The van der Waals surface area contributed by atoms with Gasteiger partial charge in [0.25, 0.3) is 0 Å². The number of fused-ring (bicyclic) bond motifs is 2. The molecule has 0 radical (unpaired) electrons. The van der Waals surface area contributed by atoms with Gasteiger partial charge in [-0.3, -0.25) is 19.4 Å². The number of carbonyl (C=O) groups is 4. The Kier molecular flexibility index (Phi) is 8.42. The van der Waals surface area contributed by atoms with Crippen LogP contribution in [0.5, 0.6) is 0 Å². The fraction of sp³-hybridized carbons (Fsp3) is 0.200. The van der Waals surface area contributed by atoms with Crippen molar-refractivity contribution >= 4 is 56.2 Å².